The van der Waals surface area contributed by atoms with Crippen molar-refractivity contribution in [2.45, 2.75) is 38.6 Å². The first-order valence-corrected chi connectivity index (χ1v) is 9.51. The van der Waals surface area contributed by atoms with Crippen LogP contribution in [0.1, 0.15) is 44.4 Å². The van der Waals surface area contributed by atoms with Gasteiger partial charge in [0.1, 0.15) is 5.75 Å². The lowest BCUT2D eigenvalue weighted by Gasteiger charge is -2.22. The molecule has 1 amide bonds. The van der Waals surface area contributed by atoms with Crippen molar-refractivity contribution in [3.8, 4) is 5.75 Å². The molecule has 2 N–H and O–H groups in total. The van der Waals surface area contributed by atoms with E-state index in [0.717, 1.165) is 5.56 Å². The zero-order valence-corrected chi connectivity index (χ0v) is 17.5. The normalized spacial score (nSPS) is 12.3. The maximum Gasteiger partial charge on any atom is 0.305 e. The second-order valence-electron chi connectivity index (χ2n) is 7.45. The number of carboxylic acids is 1. The first kappa shape index (κ1) is 22.1. The Morgan fingerprint density at radius 1 is 1.11 bits per heavy atom. The topological polar surface area (TPSA) is 75.6 Å². The molecule has 2 rings (SSSR count). The molecule has 2 aromatic carbocycles. The summed E-state index contributed by atoms with van der Waals surface area (Å²) in [4.78, 5) is 23.5. The molecule has 1 atom stereocenters. The van der Waals surface area contributed by atoms with Crippen LogP contribution >= 0.6 is 23.2 Å². The third-order valence-corrected chi connectivity index (χ3v) is 4.68. The predicted molar refractivity (Wildman–Crippen MR) is 110 cm³/mol. The van der Waals surface area contributed by atoms with Gasteiger partial charge in [0.2, 0.25) is 0 Å². The predicted octanol–water partition coefficient (Wildman–Crippen LogP) is 5.00. The summed E-state index contributed by atoms with van der Waals surface area (Å²) in [5.74, 6) is -1.13. The number of carbonyl (C=O) groups is 2. The fourth-order valence-corrected chi connectivity index (χ4v) is 3.08. The molecular formula is C21H23Cl2NO4. The highest BCUT2D eigenvalue weighted by Crippen LogP contribution is 2.28. The van der Waals surface area contributed by atoms with Gasteiger partial charge in [0.15, 0.2) is 6.61 Å². The zero-order valence-electron chi connectivity index (χ0n) is 16.0. The van der Waals surface area contributed by atoms with Gasteiger partial charge in [-0.15, -0.1) is 0 Å². The SMILES string of the molecule is CC(C)(C)c1ccc([C@@H](CC(=O)O)NC(=O)COc2ccc(Cl)cc2Cl)cc1. The second kappa shape index (κ2) is 9.30. The molecule has 0 spiro atoms. The number of nitrogens with one attached hydrogen (secondary N) is 1. The Morgan fingerprint density at radius 3 is 2.29 bits per heavy atom. The highest BCUT2D eigenvalue weighted by Gasteiger charge is 2.20. The van der Waals surface area contributed by atoms with Gasteiger partial charge in [-0.1, -0.05) is 68.2 Å². The van der Waals surface area contributed by atoms with E-state index in [4.69, 9.17) is 27.9 Å². The number of rotatable bonds is 7. The lowest BCUT2D eigenvalue weighted by atomic mass is 9.86. The Balaban J connectivity index is 2.06. The van der Waals surface area contributed by atoms with Gasteiger partial charge in [-0.2, -0.15) is 0 Å². The number of ether oxygens (including phenoxy) is 1. The molecule has 0 bridgehead atoms. The number of carbonyl (C=O) groups excluding carboxylic acids is 1. The second-order valence-corrected chi connectivity index (χ2v) is 8.30. The van der Waals surface area contributed by atoms with E-state index < -0.39 is 17.9 Å². The summed E-state index contributed by atoms with van der Waals surface area (Å²) in [5, 5.41) is 12.7. The number of benzene rings is 2. The molecule has 0 saturated heterocycles. The van der Waals surface area contributed by atoms with E-state index in [-0.39, 0.29) is 18.4 Å². The van der Waals surface area contributed by atoms with Crippen molar-refractivity contribution in [1.29, 1.82) is 0 Å². The average Bonchev–Trinajstić information content (AvgIpc) is 2.59. The zero-order chi connectivity index (χ0) is 20.9. The van der Waals surface area contributed by atoms with Crippen molar-refractivity contribution >= 4 is 35.1 Å². The maximum absolute atomic E-state index is 12.3. The number of aliphatic carboxylic acids is 1. The van der Waals surface area contributed by atoms with Crippen LogP contribution in [0.3, 0.4) is 0 Å². The van der Waals surface area contributed by atoms with Crippen LogP contribution in [-0.2, 0) is 15.0 Å². The summed E-state index contributed by atoms with van der Waals surface area (Å²) < 4.78 is 5.41. The van der Waals surface area contributed by atoms with Gasteiger partial charge < -0.3 is 15.2 Å². The van der Waals surface area contributed by atoms with Crippen molar-refractivity contribution in [3.63, 3.8) is 0 Å². The van der Waals surface area contributed by atoms with Crippen LogP contribution in [0.15, 0.2) is 42.5 Å². The van der Waals surface area contributed by atoms with E-state index in [9.17, 15) is 14.7 Å². The minimum absolute atomic E-state index is 0.0181. The quantitative estimate of drug-likeness (QED) is 0.656. The van der Waals surface area contributed by atoms with E-state index in [2.05, 4.69) is 26.1 Å². The maximum atomic E-state index is 12.3. The fourth-order valence-electron chi connectivity index (χ4n) is 2.61. The third kappa shape index (κ3) is 6.43. The van der Waals surface area contributed by atoms with E-state index in [1.165, 1.54) is 6.07 Å². The molecular weight excluding hydrogens is 401 g/mol. The third-order valence-electron chi connectivity index (χ3n) is 4.15. The minimum Gasteiger partial charge on any atom is -0.482 e. The van der Waals surface area contributed by atoms with Gasteiger partial charge in [-0.3, -0.25) is 9.59 Å². The van der Waals surface area contributed by atoms with Gasteiger partial charge in [-0.25, -0.2) is 0 Å². The van der Waals surface area contributed by atoms with E-state index in [0.29, 0.717) is 21.4 Å². The summed E-state index contributed by atoms with van der Waals surface area (Å²) in [6.45, 7) is 5.99. The number of hydrogen-bond donors (Lipinski definition) is 2. The molecule has 2 aromatic rings. The highest BCUT2D eigenvalue weighted by molar-refractivity contribution is 6.35. The van der Waals surface area contributed by atoms with Crippen LogP contribution in [0, 0.1) is 0 Å². The van der Waals surface area contributed by atoms with Crippen LogP contribution in [0.2, 0.25) is 10.0 Å². The summed E-state index contributed by atoms with van der Waals surface area (Å²) in [6.07, 6.45) is -0.234. The van der Waals surface area contributed by atoms with Crippen molar-refractivity contribution in [1.82, 2.24) is 5.32 Å². The monoisotopic (exact) mass is 423 g/mol. The first-order chi connectivity index (χ1) is 13.1. The van der Waals surface area contributed by atoms with Crippen molar-refractivity contribution in [2.75, 3.05) is 6.61 Å². The molecule has 0 aliphatic rings. The summed E-state index contributed by atoms with van der Waals surface area (Å²) in [5.41, 5.74) is 1.82. The van der Waals surface area contributed by atoms with Crippen LogP contribution in [0.4, 0.5) is 0 Å². The fraction of sp³-hybridized carbons (Fsp3) is 0.333. The number of hydrogen-bond acceptors (Lipinski definition) is 3. The van der Waals surface area contributed by atoms with E-state index in [1.54, 1.807) is 12.1 Å². The average molecular weight is 424 g/mol. The highest BCUT2D eigenvalue weighted by atomic mass is 35.5. The Hall–Kier alpha value is -2.24. The molecule has 5 nitrogen and oxygen atoms in total. The van der Waals surface area contributed by atoms with Crippen LogP contribution < -0.4 is 10.1 Å². The molecule has 0 aromatic heterocycles. The lowest BCUT2D eigenvalue weighted by molar-refractivity contribution is -0.137. The Labute approximate surface area is 174 Å². The summed E-state index contributed by atoms with van der Waals surface area (Å²) >= 11 is 11.8. The van der Waals surface area contributed by atoms with Gasteiger partial charge >= 0.3 is 5.97 Å². The standard InChI is InChI=1S/C21H23Cl2NO4/c1-21(2,3)14-6-4-13(5-7-14)17(11-20(26)27)24-19(25)12-28-18-9-8-15(22)10-16(18)23/h4-10,17H,11-12H2,1-3H3,(H,24,25)(H,26,27)/t17-/m1/s1. The van der Waals surface area contributed by atoms with Crippen LogP contribution in [0.5, 0.6) is 5.75 Å². The summed E-state index contributed by atoms with van der Waals surface area (Å²) in [6, 6.07) is 11.6. The molecule has 0 radical (unpaired) electrons. The van der Waals surface area contributed by atoms with Crippen molar-refractivity contribution in [3.05, 3.63) is 63.6 Å². The van der Waals surface area contributed by atoms with Crippen molar-refractivity contribution < 1.29 is 19.4 Å². The van der Waals surface area contributed by atoms with Gasteiger partial charge in [0.05, 0.1) is 17.5 Å². The Kier molecular flexibility index (Phi) is 7.33. The first-order valence-electron chi connectivity index (χ1n) is 8.75. The molecule has 7 heteroatoms. The lowest BCUT2D eigenvalue weighted by Crippen LogP contribution is -2.34. The molecule has 0 unspecified atom stereocenters. The number of carboxylic acid groups (broad SMARTS) is 1. The molecule has 0 aliphatic heterocycles. The molecule has 28 heavy (non-hydrogen) atoms. The number of amides is 1. The number of halogens is 2. The van der Waals surface area contributed by atoms with Gasteiger partial charge in [0, 0.05) is 5.02 Å². The Morgan fingerprint density at radius 2 is 1.75 bits per heavy atom. The summed E-state index contributed by atoms with van der Waals surface area (Å²) in [7, 11) is 0. The smallest absolute Gasteiger partial charge is 0.305 e. The minimum atomic E-state index is -1.01. The van der Waals surface area contributed by atoms with Crippen molar-refractivity contribution in [2.24, 2.45) is 0 Å². The molecule has 0 saturated carbocycles. The van der Waals surface area contributed by atoms with Crippen LogP contribution in [0.25, 0.3) is 0 Å². The molecule has 0 aliphatic carbocycles. The molecule has 150 valence electrons. The Bertz CT molecular complexity index is 844. The van der Waals surface area contributed by atoms with Gasteiger partial charge in [-0.05, 0) is 34.7 Å². The molecule has 0 fully saturated rings. The van der Waals surface area contributed by atoms with Gasteiger partial charge in [0.25, 0.3) is 5.91 Å². The molecule has 0 heterocycles. The largest absolute Gasteiger partial charge is 0.482 e. The van der Waals surface area contributed by atoms with E-state index in [1.807, 2.05) is 24.3 Å². The van der Waals surface area contributed by atoms with E-state index >= 15 is 0 Å². The van der Waals surface area contributed by atoms with Crippen LogP contribution in [-0.4, -0.2) is 23.6 Å².